The molecule has 1 aromatic carbocycles. The average Bonchev–Trinajstić information content (AvgIpc) is 3.04. The number of halogens is 4. The molecule has 0 aliphatic carbocycles. The highest BCUT2D eigenvalue weighted by atomic mass is 35.5. The van der Waals surface area contributed by atoms with Crippen LogP contribution in [0, 0.1) is 0 Å². The molecule has 1 aromatic heterocycles. The zero-order valence-electron chi connectivity index (χ0n) is 19.1. The van der Waals surface area contributed by atoms with Gasteiger partial charge in [-0.1, -0.05) is 11.6 Å². The fourth-order valence-electron chi connectivity index (χ4n) is 2.98. The monoisotopic (exact) mass is 523 g/mol. The minimum atomic E-state index is -4.83. The van der Waals surface area contributed by atoms with Gasteiger partial charge in [-0.2, -0.15) is 0 Å². The molecule has 0 saturated heterocycles. The van der Waals surface area contributed by atoms with Crippen LogP contribution in [0.4, 0.5) is 23.9 Å². The molecule has 1 aliphatic rings. The molecule has 0 fully saturated rings. The number of nitrogens with one attached hydrogen (secondary N) is 2. The van der Waals surface area contributed by atoms with Crippen LogP contribution >= 0.6 is 22.9 Å². The van der Waals surface area contributed by atoms with E-state index in [1.165, 1.54) is 11.3 Å². The Balaban J connectivity index is 0.000000287. The van der Waals surface area contributed by atoms with Gasteiger partial charge in [0.2, 0.25) is 6.41 Å². The van der Waals surface area contributed by atoms with Crippen LogP contribution in [0.3, 0.4) is 0 Å². The van der Waals surface area contributed by atoms with Gasteiger partial charge in [0.05, 0.1) is 31.1 Å². The lowest BCUT2D eigenvalue weighted by Crippen LogP contribution is -2.43. The van der Waals surface area contributed by atoms with Crippen LogP contribution in [-0.2, 0) is 27.3 Å². The Labute approximate surface area is 204 Å². The van der Waals surface area contributed by atoms with E-state index < -0.39 is 18.2 Å². The fourth-order valence-corrected chi connectivity index (χ4v) is 4.53. The van der Waals surface area contributed by atoms with E-state index in [0.29, 0.717) is 23.9 Å². The van der Waals surface area contributed by atoms with E-state index in [1.54, 1.807) is 0 Å². The van der Waals surface area contributed by atoms with Crippen molar-refractivity contribution in [3.8, 4) is 0 Å². The summed E-state index contributed by atoms with van der Waals surface area (Å²) < 4.78 is 36.3. The number of anilines is 2. The van der Waals surface area contributed by atoms with Crippen LogP contribution in [0.25, 0.3) is 0 Å². The number of amides is 2. The van der Waals surface area contributed by atoms with Crippen LogP contribution < -0.4 is 16.4 Å². The summed E-state index contributed by atoms with van der Waals surface area (Å²) in [5, 5.41) is 6.92. The molecule has 0 radical (unpaired) electrons. The van der Waals surface area contributed by atoms with E-state index in [1.807, 2.05) is 31.3 Å². The van der Waals surface area contributed by atoms with Crippen molar-refractivity contribution in [1.82, 2.24) is 0 Å². The Hall–Kier alpha value is -2.83. The number of benzene rings is 1. The first-order valence-electron chi connectivity index (χ1n) is 9.85. The van der Waals surface area contributed by atoms with Crippen molar-refractivity contribution >= 4 is 51.9 Å². The van der Waals surface area contributed by atoms with Gasteiger partial charge < -0.3 is 25.6 Å². The zero-order chi connectivity index (χ0) is 26.1. The maximum atomic E-state index is 11.5. The van der Waals surface area contributed by atoms with Gasteiger partial charge in [0.1, 0.15) is 11.5 Å². The Bertz CT molecular complexity index is 995. The van der Waals surface area contributed by atoms with Gasteiger partial charge in [-0.05, 0) is 29.8 Å². The van der Waals surface area contributed by atoms with Gasteiger partial charge in [0.25, 0.3) is 5.91 Å². The van der Waals surface area contributed by atoms with Gasteiger partial charge in [-0.3, -0.25) is 14.4 Å². The molecule has 2 aromatic rings. The number of hydrogen-bond donors (Lipinski definition) is 3. The maximum absolute atomic E-state index is 11.5. The minimum absolute atomic E-state index is 0.459. The quantitative estimate of drug-likeness (QED) is 0.319. The summed E-state index contributed by atoms with van der Waals surface area (Å²) >= 11 is 7.10. The summed E-state index contributed by atoms with van der Waals surface area (Å²) in [4.78, 5) is 32.7. The molecule has 0 atom stereocenters. The first-order valence-corrected chi connectivity index (χ1v) is 11.0. The van der Waals surface area contributed by atoms with Crippen molar-refractivity contribution in [3.05, 3.63) is 45.3 Å². The SMILES string of the molecule is CC(=O)OC(F)(F)F.CNc1ccc(Cl)cc1.C[N+]1(C)CCc2c(sc(NC=O)c2C(N)=O)C1. The third-order valence-electron chi connectivity index (χ3n) is 4.46. The third-order valence-corrected chi connectivity index (χ3v) is 5.86. The molecular formula is C21H27ClF3N4O4S+. The molecule has 4 N–H and O–H groups in total. The lowest BCUT2D eigenvalue weighted by Gasteiger charge is -2.33. The fraction of sp³-hybridized carbons (Fsp3) is 0.381. The van der Waals surface area contributed by atoms with E-state index in [-0.39, 0.29) is 0 Å². The molecule has 0 bridgehead atoms. The Morgan fingerprint density at radius 2 is 1.82 bits per heavy atom. The second kappa shape index (κ2) is 12.6. The third kappa shape index (κ3) is 9.98. The molecule has 188 valence electrons. The van der Waals surface area contributed by atoms with Crippen molar-refractivity contribution in [2.45, 2.75) is 26.3 Å². The molecule has 0 saturated carbocycles. The molecule has 0 unspecified atom stereocenters. The van der Waals surface area contributed by atoms with Crippen LogP contribution in [0.2, 0.25) is 5.02 Å². The molecule has 13 heteroatoms. The summed E-state index contributed by atoms with van der Waals surface area (Å²) in [7, 11) is 6.18. The van der Waals surface area contributed by atoms with Crippen molar-refractivity contribution in [3.63, 3.8) is 0 Å². The van der Waals surface area contributed by atoms with Gasteiger partial charge in [-0.25, -0.2) is 0 Å². The first kappa shape index (κ1) is 29.2. The van der Waals surface area contributed by atoms with Crippen molar-refractivity contribution in [2.75, 3.05) is 38.3 Å². The van der Waals surface area contributed by atoms with E-state index >= 15 is 0 Å². The topological polar surface area (TPSA) is 111 Å². The van der Waals surface area contributed by atoms with Crippen LogP contribution in [0.5, 0.6) is 0 Å². The van der Waals surface area contributed by atoms with Crippen molar-refractivity contribution in [1.29, 1.82) is 0 Å². The zero-order valence-corrected chi connectivity index (χ0v) is 20.7. The molecule has 2 amide bonds. The van der Waals surface area contributed by atoms with Gasteiger partial charge in [0, 0.05) is 31.1 Å². The second-order valence-corrected chi connectivity index (χ2v) is 9.24. The molecule has 8 nitrogen and oxygen atoms in total. The highest BCUT2D eigenvalue weighted by Crippen LogP contribution is 2.37. The number of esters is 1. The number of primary amides is 1. The molecule has 0 spiro atoms. The predicted molar refractivity (Wildman–Crippen MR) is 126 cm³/mol. The number of thiophene rings is 1. The highest BCUT2D eigenvalue weighted by molar-refractivity contribution is 7.16. The number of quaternary nitrogens is 1. The second-order valence-electron chi connectivity index (χ2n) is 7.70. The number of ether oxygens (including phenoxy) is 1. The number of alkyl halides is 3. The van der Waals surface area contributed by atoms with E-state index in [4.69, 9.17) is 17.3 Å². The Kier molecular flexibility index (Phi) is 10.8. The maximum Gasteiger partial charge on any atom is 0.575 e. The van der Waals surface area contributed by atoms with E-state index in [9.17, 15) is 27.6 Å². The molecule has 34 heavy (non-hydrogen) atoms. The van der Waals surface area contributed by atoms with E-state index in [0.717, 1.165) is 45.1 Å². The minimum Gasteiger partial charge on any atom is -0.388 e. The molecular weight excluding hydrogens is 497 g/mol. The van der Waals surface area contributed by atoms with Gasteiger partial charge in [0.15, 0.2) is 0 Å². The number of nitrogens with two attached hydrogens (primary N) is 1. The van der Waals surface area contributed by atoms with Gasteiger partial charge >= 0.3 is 12.3 Å². The predicted octanol–water partition coefficient (Wildman–Crippen LogP) is 4.00. The van der Waals surface area contributed by atoms with Gasteiger partial charge in [-0.15, -0.1) is 24.5 Å². The summed E-state index contributed by atoms with van der Waals surface area (Å²) in [6.07, 6.45) is -3.41. The van der Waals surface area contributed by atoms with Crippen molar-refractivity contribution < 1.29 is 36.8 Å². The smallest absolute Gasteiger partial charge is 0.388 e. The lowest BCUT2D eigenvalue weighted by molar-refractivity contribution is -0.905. The Morgan fingerprint density at radius 3 is 2.24 bits per heavy atom. The lowest BCUT2D eigenvalue weighted by atomic mass is 10.0. The standard InChI is InChI=1S/C11H15N3O2S.C7H8ClN.C3H3F3O2/c1-14(2)4-3-7-8(5-14)17-11(13-6-15)9(7)10(12)16;1-9-7-4-2-6(8)3-5-7;1-2(7)8-3(4,5)6/h6H,3-5H2,1-2H3,(H2-,12,13,15,16);2-5,9H,1H3;1H3/p+1. The summed E-state index contributed by atoms with van der Waals surface area (Å²) in [6, 6.07) is 7.57. The summed E-state index contributed by atoms with van der Waals surface area (Å²) in [6.45, 7) is 2.54. The summed E-state index contributed by atoms with van der Waals surface area (Å²) in [5.74, 6) is -1.81. The average molecular weight is 524 g/mol. The number of carbonyl (C=O) groups excluding carboxylic acids is 3. The normalized spacial score (nSPS) is 13.6. The number of likely N-dealkylation sites (N-methyl/N-ethyl adjacent to an activating group) is 1. The molecule has 3 rings (SSSR count). The van der Waals surface area contributed by atoms with Crippen molar-refractivity contribution in [2.24, 2.45) is 5.73 Å². The van der Waals surface area contributed by atoms with E-state index in [2.05, 4.69) is 29.5 Å². The number of fused-ring (bicyclic) bond motifs is 1. The van der Waals surface area contributed by atoms with Crippen LogP contribution in [0.15, 0.2) is 24.3 Å². The number of nitrogens with zero attached hydrogens (tertiary/aromatic N) is 1. The largest absolute Gasteiger partial charge is 0.575 e. The Morgan fingerprint density at radius 1 is 1.24 bits per heavy atom. The number of hydrogen-bond acceptors (Lipinski definition) is 6. The number of rotatable bonds is 4. The summed E-state index contributed by atoms with van der Waals surface area (Å²) in [5.41, 5.74) is 7.99. The number of carbonyl (C=O) groups is 3. The van der Waals surface area contributed by atoms with Crippen LogP contribution in [-0.4, -0.2) is 56.8 Å². The molecule has 2 heterocycles. The molecule has 1 aliphatic heterocycles. The first-order chi connectivity index (χ1) is 15.7. The van der Waals surface area contributed by atoms with Crippen LogP contribution in [0.1, 0.15) is 27.7 Å². The highest BCUT2D eigenvalue weighted by Gasteiger charge is 2.32.